The molecule has 4 rings (SSSR count). The molecule has 4 nitrogen and oxygen atoms in total. The van der Waals surface area contributed by atoms with Crippen LogP contribution >= 0.6 is 11.6 Å². The van der Waals surface area contributed by atoms with Crippen LogP contribution in [0.2, 0.25) is 5.02 Å². The lowest BCUT2D eigenvalue weighted by Crippen LogP contribution is -2.30. The van der Waals surface area contributed by atoms with E-state index in [0.29, 0.717) is 17.1 Å². The summed E-state index contributed by atoms with van der Waals surface area (Å²) >= 11 is 6.23. The van der Waals surface area contributed by atoms with Crippen molar-refractivity contribution in [3.05, 3.63) is 69.8 Å². The molecule has 2 amide bonds. The molecule has 0 spiro atoms. The van der Waals surface area contributed by atoms with Crippen LogP contribution in [0.4, 0.5) is 5.69 Å². The summed E-state index contributed by atoms with van der Waals surface area (Å²) in [5.41, 5.74) is 5.16. The molecule has 1 saturated heterocycles. The molecule has 27 heavy (non-hydrogen) atoms. The van der Waals surface area contributed by atoms with E-state index >= 15 is 0 Å². The van der Waals surface area contributed by atoms with Gasteiger partial charge in [-0.05, 0) is 54.3 Å². The maximum atomic E-state index is 12.5. The molecule has 0 atom stereocenters. The molecule has 0 saturated carbocycles. The van der Waals surface area contributed by atoms with Crippen LogP contribution in [0.3, 0.4) is 0 Å². The van der Waals surface area contributed by atoms with Crippen LogP contribution < -0.4 is 4.90 Å². The number of nitrogens with zero attached hydrogens (tertiary/aromatic N) is 2. The Morgan fingerprint density at radius 1 is 1.11 bits per heavy atom. The number of carbonyl (C=O) groups is 2. The zero-order chi connectivity index (χ0) is 19.0. The Morgan fingerprint density at radius 2 is 1.89 bits per heavy atom. The molecule has 2 aromatic carbocycles. The summed E-state index contributed by atoms with van der Waals surface area (Å²) in [6.45, 7) is 3.94. The van der Waals surface area contributed by atoms with E-state index in [9.17, 15) is 9.59 Å². The van der Waals surface area contributed by atoms with Gasteiger partial charge in [0.05, 0.1) is 6.42 Å². The van der Waals surface area contributed by atoms with Gasteiger partial charge in [0.25, 0.3) is 5.91 Å². The monoisotopic (exact) mass is 380 g/mol. The molecule has 5 heteroatoms. The molecule has 2 aliphatic rings. The van der Waals surface area contributed by atoms with E-state index < -0.39 is 0 Å². The van der Waals surface area contributed by atoms with Gasteiger partial charge in [0.2, 0.25) is 5.91 Å². The molecule has 0 aromatic heterocycles. The topological polar surface area (TPSA) is 40.6 Å². The summed E-state index contributed by atoms with van der Waals surface area (Å²) in [6.07, 6.45) is 2.97. The Bertz CT molecular complexity index is 951. The van der Waals surface area contributed by atoms with Crippen LogP contribution in [-0.2, 0) is 22.6 Å². The first kappa shape index (κ1) is 17.8. The van der Waals surface area contributed by atoms with E-state index in [0.717, 1.165) is 30.8 Å². The average molecular weight is 381 g/mol. The Morgan fingerprint density at radius 3 is 2.63 bits per heavy atom. The van der Waals surface area contributed by atoms with Gasteiger partial charge in [-0.15, -0.1) is 0 Å². The number of likely N-dealkylation sites (N-methyl/N-ethyl adjacent to an activating group) is 1. The fourth-order valence-electron chi connectivity index (χ4n) is 3.87. The highest BCUT2D eigenvalue weighted by Crippen LogP contribution is 2.32. The average Bonchev–Trinajstić information content (AvgIpc) is 2.94. The van der Waals surface area contributed by atoms with E-state index in [1.807, 2.05) is 31.2 Å². The van der Waals surface area contributed by atoms with Crippen molar-refractivity contribution in [2.24, 2.45) is 0 Å². The molecular formula is C22H21ClN2O2. The maximum absolute atomic E-state index is 12.5. The molecule has 0 bridgehead atoms. The fraction of sp³-hybridized carbons (Fsp3) is 0.273. The second-order valence-electron chi connectivity index (χ2n) is 6.93. The number of anilines is 1. The first-order valence-corrected chi connectivity index (χ1v) is 9.61. The lowest BCUT2D eigenvalue weighted by atomic mass is 9.98. The van der Waals surface area contributed by atoms with Gasteiger partial charge in [-0.3, -0.25) is 14.5 Å². The molecule has 0 unspecified atom stereocenters. The van der Waals surface area contributed by atoms with Crippen molar-refractivity contribution in [3.63, 3.8) is 0 Å². The van der Waals surface area contributed by atoms with Crippen molar-refractivity contribution in [1.29, 1.82) is 0 Å². The molecule has 138 valence electrons. The normalized spacial score (nSPS) is 18.4. The second-order valence-corrected chi connectivity index (χ2v) is 7.37. The number of hydrogen-bond donors (Lipinski definition) is 0. The van der Waals surface area contributed by atoms with Gasteiger partial charge in [0, 0.05) is 35.9 Å². The third-order valence-electron chi connectivity index (χ3n) is 5.27. The van der Waals surface area contributed by atoms with Gasteiger partial charge >= 0.3 is 0 Å². The Kier molecular flexibility index (Phi) is 4.75. The van der Waals surface area contributed by atoms with Crippen molar-refractivity contribution < 1.29 is 9.59 Å². The number of rotatable bonds is 3. The predicted molar refractivity (Wildman–Crippen MR) is 108 cm³/mol. The summed E-state index contributed by atoms with van der Waals surface area (Å²) in [5, 5.41) is 0.618. The molecule has 0 radical (unpaired) electrons. The molecular weight excluding hydrogens is 360 g/mol. The molecule has 0 N–H and O–H groups in total. The first-order chi connectivity index (χ1) is 13.1. The van der Waals surface area contributed by atoms with Gasteiger partial charge in [-0.1, -0.05) is 35.9 Å². The summed E-state index contributed by atoms with van der Waals surface area (Å²) < 4.78 is 0. The van der Waals surface area contributed by atoms with Gasteiger partial charge in [-0.25, -0.2) is 0 Å². The minimum atomic E-state index is -0.197. The highest BCUT2D eigenvalue weighted by Gasteiger charge is 2.32. The highest BCUT2D eigenvalue weighted by atomic mass is 35.5. The number of benzene rings is 2. The number of likely N-dealkylation sites (tertiary alicyclic amines) is 1. The summed E-state index contributed by atoms with van der Waals surface area (Å²) in [4.78, 5) is 28.1. The number of imide groups is 1. The summed E-state index contributed by atoms with van der Waals surface area (Å²) in [6, 6.07) is 14.2. The van der Waals surface area contributed by atoms with E-state index in [1.54, 1.807) is 0 Å². The lowest BCUT2D eigenvalue weighted by Gasteiger charge is -2.32. The van der Waals surface area contributed by atoms with Crippen LogP contribution in [0.15, 0.2) is 48.0 Å². The van der Waals surface area contributed by atoms with E-state index in [-0.39, 0.29) is 18.2 Å². The van der Waals surface area contributed by atoms with E-state index in [2.05, 4.69) is 29.2 Å². The SMILES string of the molecule is CCN1C(=O)C/C(=C\c2cc(Cl)ccc2N2CCc3ccccc3C2)C1=O. The van der Waals surface area contributed by atoms with Crippen LogP contribution in [-0.4, -0.2) is 29.8 Å². The summed E-state index contributed by atoms with van der Waals surface area (Å²) in [7, 11) is 0. The molecule has 0 aliphatic carbocycles. The maximum Gasteiger partial charge on any atom is 0.256 e. The van der Waals surface area contributed by atoms with E-state index in [4.69, 9.17) is 11.6 Å². The zero-order valence-electron chi connectivity index (χ0n) is 15.2. The largest absolute Gasteiger partial charge is 0.366 e. The number of amides is 2. The van der Waals surface area contributed by atoms with Crippen molar-refractivity contribution in [3.8, 4) is 0 Å². The Balaban J connectivity index is 1.69. The molecule has 2 aromatic rings. The minimum absolute atomic E-state index is 0.135. The zero-order valence-corrected chi connectivity index (χ0v) is 16.0. The third kappa shape index (κ3) is 3.37. The smallest absolute Gasteiger partial charge is 0.256 e. The van der Waals surface area contributed by atoms with Gasteiger partial charge < -0.3 is 4.90 Å². The van der Waals surface area contributed by atoms with Crippen LogP contribution in [0, 0.1) is 0 Å². The third-order valence-corrected chi connectivity index (χ3v) is 5.50. The van der Waals surface area contributed by atoms with Crippen LogP contribution in [0.5, 0.6) is 0 Å². The van der Waals surface area contributed by atoms with Gasteiger partial charge in [-0.2, -0.15) is 0 Å². The number of hydrogen-bond acceptors (Lipinski definition) is 3. The number of fused-ring (bicyclic) bond motifs is 1. The lowest BCUT2D eigenvalue weighted by molar-refractivity contribution is -0.137. The number of halogens is 1. The van der Waals surface area contributed by atoms with E-state index in [1.165, 1.54) is 16.0 Å². The van der Waals surface area contributed by atoms with Gasteiger partial charge in [0.1, 0.15) is 0 Å². The first-order valence-electron chi connectivity index (χ1n) is 9.23. The molecule has 1 fully saturated rings. The van der Waals surface area contributed by atoms with Crippen molar-refractivity contribution in [2.45, 2.75) is 26.3 Å². The van der Waals surface area contributed by atoms with Crippen molar-refractivity contribution in [2.75, 3.05) is 18.0 Å². The summed E-state index contributed by atoms with van der Waals surface area (Å²) in [5.74, 6) is -0.332. The predicted octanol–water partition coefficient (Wildman–Crippen LogP) is 4.06. The number of carbonyl (C=O) groups excluding carboxylic acids is 2. The van der Waals surface area contributed by atoms with Crippen LogP contribution in [0.1, 0.15) is 30.0 Å². The van der Waals surface area contributed by atoms with Crippen LogP contribution in [0.25, 0.3) is 6.08 Å². The standard InChI is InChI=1S/C22H21ClN2O2/c1-2-25-21(26)13-18(22(25)27)11-17-12-19(23)7-8-20(17)24-10-9-15-5-3-4-6-16(15)14-24/h3-8,11-12H,2,9-10,13-14H2,1H3/b18-11+. The van der Waals surface area contributed by atoms with Gasteiger partial charge in [0.15, 0.2) is 0 Å². The molecule has 2 heterocycles. The highest BCUT2D eigenvalue weighted by molar-refractivity contribution is 6.31. The quantitative estimate of drug-likeness (QED) is 0.595. The minimum Gasteiger partial charge on any atom is -0.366 e. The Labute approximate surface area is 164 Å². The fourth-order valence-corrected chi connectivity index (χ4v) is 4.05. The second kappa shape index (κ2) is 7.20. The van der Waals surface area contributed by atoms with Crippen molar-refractivity contribution in [1.82, 2.24) is 4.90 Å². The van der Waals surface area contributed by atoms with Crippen molar-refractivity contribution >= 4 is 35.2 Å². The molecule has 2 aliphatic heterocycles. The Hall–Kier alpha value is -2.59.